The van der Waals surface area contributed by atoms with Crippen molar-refractivity contribution in [3.8, 4) is 0 Å². The minimum absolute atomic E-state index is 0.118. The quantitative estimate of drug-likeness (QED) is 0.0195. The lowest BCUT2D eigenvalue weighted by Gasteiger charge is -2.41. The lowest BCUT2D eigenvalue weighted by molar-refractivity contribution is -0.305. The van der Waals surface area contributed by atoms with Crippen LogP contribution in [0.1, 0.15) is 355 Å². The van der Waals surface area contributed by atoms with Crippen molar-refractivity contribution in [1.82, 2.24) is 5.32 Å². The zero-order valence-electron chi connectivity index (χ0n) is 59.7. The maximum Gasteiger partial charge on any atom is 0.306 e. The van der Waals surface area contributed by atoms with Crippen LogP contribution in [0.25, 0.3) is 0 Å². The van der Waals surface area contributed by atoms with E-state index in [2.05, 4.69) is 99.0 Å². The van der Waals surface area contributed by atoms with Gasteiger partial charge in [0.15, 0.2) is 12.4 Å². The standard InChI is InChI=1S/C81H145NO10/c1-4-7-10-13-16-19-22-25-27-29-31-33-35-37-38-39-41-43-45-47-49-51-54-57-60-63-66-69-76(86)92-79-78(88)77(87)75(70-83)91-81(79)90-71-72(73(84)67-64-61-58-55-52-24-21-18-15-12-9-6-3)82-80(89)74(85)68-65-62-59-56-53-50-48-46-44-42-40-36-34-32-30-28-26-23-20-17-14-11-8-5-2/h7,10,16,19,25-28,31,33,37-38,64,67,72-75,77-79,81,83-85,87-88H,4-6,8-9,11-15,17-18,20-24,29-30,32,34-36,39-63,65-66,68-71H2,1-3H3,(H,82,89)/b10-7-,19-16-,27-25-,28-26+,33-31-,38-37-,67-64+. The molecule has 6 N–H and O–H groups in total. The molecule has 1 rings (SSSR count). The van der Waals surface area contributed by atoms with E-state index in [1.807, 2.05) is 6.08 Å². The van der Waals surface area contributed by atoms with Gasteiger partial charge in [0.05, 0.1) is 25.4 Å². The summed E-state index contributed by atoms with van der Waals surface area (Å²) < 4.78 is 17.7. The normalized spacial score (nSPS) is 18.4. The molecule has 8 atom stereocenters. The van der Waals surface area contributed by atoms with Gasteiger partial charge in [-0.15, -0.1) is 0 Å². The highest BCUT2D eigenvalue weighted by molar-refractivity contribution is 5.80. The summed E-state index contributed by atoms with van der Waals surface area (Å²) in [6.45, 7) is 5.72. The summed E-state index contributed by atoms with van der Waals surface area (Å²) in [7, 11) is 0. The SMILES string of the molecule is CC/C=C\C/C=C\C/C=C\C/C=C\C/C=C\CCCCCCCCCCCCCC(=O)OC1C(OCC(NC(=O)C(O)CCCCCCCCCCCCCCCC/C=C/CCCCCCCC)C(O)/C=C/CCCCCCCCCCCC)OC(CO)C(O)C1O. The van der Waals surface area contributed by atoms with Gasteiger partial charge >= 0.3 is 5.97 Å². The molecule has 1 amide bonds. The third-order valence-electron chi connectivity index (χ3n) is 18.0. The van der Waals surface area contributed by atoms with Crippen LogP contribution in [-0.2, 0) is 23.8 Å². The first-order valence-electron chi connectivity index (χ1n) is 38.9. The van der Waals surface area contributed by atoms with Crippen LogP contribution in [0.2, 0.25) is 0 Å². The van der Waals surface area contributed by atoms with Crippen molar-refractivity contribution < 1.29 is 49.3 Å². The van der Waals surface area contributed by atoms with Gasteiger partial charge in [0.1, 0.15) is 24.4 Å². The molecule has 1 aliphatic heterocycles. The Hall–Kier alpha value is -3.16. The largest absolute Gasteiger partial charge is 0.454 e. The maximum atomic E-state index is 13.5. The van der Waals surface area contributed by atoms with Crippen LogP contribution < -0.4 is 5.32 Å². The predicted molar refractivity (Wildman–Crippen MR) is 389 cm³/mol. The molecule has 1 fully saturated rings. The smallest absolute Gasteiger partial charge is 0.306 e. The minimum Gasteiger partial charge on any atom is -0.454 e. The zero-order chi connectivity index (χ0) is 66.7. The predicted octanol–water partition coefficient (Wildman–Crippen LogP) is 20.8. The highest BCUT2D eigenvalue weighted by Crippen LogP contribution is 2.27. The summed E-state index contributed by atoms with van der Waals surface area (Å²) in [6, 6.07) is -1.03. The average molecular weight is 1290 g/mol. The molecule has 11 heteroatoms. The van der Waals surface area contributed by atoms with Crippen LogP contribution >= 0.6 is 0 Å². The van der Waals surface area contributed by atoms with Gasteiger partial charge in [0.2, 0.25) is 5.91 Å². The van der Waals surface area contributed by atoms with Crippen molar-refractivity contribution in [3.63, 3.8) is 0 Å². The third kappa shape index (κ3) is 54.0. The third-order valence-corrected chi connectivity index (χ3v) is 18.0. The number of allylic oxidation sites excluding steroid dienone is 13. The van der Waals surface area contributed by atoms with Crippen molar-refractivity contribution >= 4 is 11.9 Å². The molecule has 0 aliphatic carbocycles. The van der Waals surface area contributed by atoms with E-state index in [1.165, 1.54) is 212 Å². The fraction of sp³-hybridized carbons (Fsp3) is 0.802. The fourth-order valence-electron chi connectivity index (χ4n) is 12.0. The number of aliphatic hydroxyl groups excluding tert-OH is 5. The first-order chi connectivity index (χ1) is 45.2. The number of nitrogens with one attached hydrogen (secondary N) is 1. The van der Waals surface area contributed by atoms with Gasteiger partial charge < -0.3 is 45.1 Å². The van der Waals surface area contributed by atoms with E-state index in [1.54, 1.807) is 6.08 Å². The molecule has 0 spiro atoms. The molecule has 0 bridgehead atoms. The Balaban J connectivity index is 2.51. The highest BCUT2D eigenvalue weighted by Gasteiger charge is 2.47. The Morgan fingerprint density at radius 2 is 0.783 bits per heavy atom. The Bertz CT molecular complexity index is 1830. The van der Waals surface area contributed by atoms with E-state index < -0.39 is 67.4 Å². The fourth-order valence-corrected chi connectivity index (χ4v) is 12.0. The zero-order valence-corrected chi connectivity index (χ0v) is 59.7. The average Bonchev–Trinajstić information content (AvgIpc) is 0.875. The molecule has 0 saturated carbocycles. The molecule has 0 aromatic rings. The minimum atomic E-state index is -1.62. The highest BCUT2D eigenvalue weighted by atomic mass is 16.7. The van der Waals surface area contributed by atoms with Crippen LogP contribution in [0.4, 0.5) is 0 Å². The van der Waals surface area contributed by atoms with E-state index in [0.717, 1.165) is 96.3 Å². The number of rotatable bonds is 67. The number of aliphatic hydroxyl groups is 5. The number of hydrogen-bond acceptors (Lipinski definition) is 10. The van der Waals surface area contributed by atoms with Gasteiger partial charge in [-0.25, -0.2) is 0 Å². The van der Waals surface area contributed by atoms with Gasteiger partial charge in [-0.05, 0) is 96.3 Å². The van der Waals surface area contributed by atoms with E-state index in [0.29, 0.717) is 19.3 Å². The van der Waals surface area contributed by atoms with Gasteiger partial charge in [0, 0.05) is 6.42 Å². The number of hydrogen-bond donors (Lipinski definition) is 6. The van der Waals surface area contributed by atoms with Crippen molar-refractivity contribution in [3.05, 3.63) is 85.1 Å². The molecule has 534 valence electrons. The van der Waals surface area contributed by atoms with E-state index in [9.17, 15) is 35.1 Å². The summed E-state index contributed by atoms with van der Waals surface area (Å²) in [5.41, 5.74) is 0. The molecule has 11 nitrogen and oxygen atoms in total. The Morgan fingerprint density at radius 1 is 0.435 bits per heavy atom. The first-order valence-corrected chi connectivity index (χ1v) is 38.9. The monoisotopic (exact) mass is 1290 g/mol. The van der Waals surface area contributed by atoms with Gasteiger partial charge in [-0.2, -0.15) is 0 Å². The van der Waals surface area contributed by atoms with Crippen LogP contribution in [0, 0.1) is 0 Å². The summed E-state index contributed by atoms with van der Waals surface area (Å²) >= 11 is 0. The Labute approximate surface area is 565 Å². The first kappa shape index (κ1) is 86.9. The van der Waals surface area contributed by atoms with Crippen LogP contribution in [0.5, 0.6) is 0 Å². The number of esters is 1. The number of unbranched alkanes of at least 4 members (excludes halogenated alkanes) is 41. The lowest BCUT2D eigenvalue weighted by Crippen LogP contribution is -2.61. The van der Waals surface area contributed by atoms with Crippen LogP contribution in [0.15, 0.2) is 85.1 Å². The lowest BCUT2D eigenvalue weighted by atomic mass is 9.99. The Kier molecular flexibility index (Phi) is 64.0. The molecule has 0 aromatic heterocycles. The molecular formula is C81H145NO10. The summed E-state index contributed by atoms with van der Waals surface area (Å²) in [6.07, 6.45) is 80.6. The summed E-state index contributed by atoms with van der Waals surface area (Å²) in [5, 5.41) is 57.4. The van der Waals surface area contributed by atoms with Crippen molar-refractivity contribution in [1.29, 1.82) is 0 Å². The molecular weight excluding hydrogens is 1150 g/mol. The molecule has 92 heavy (non-hydrogen) atoms. The molecule has 1 aliphatic rings. The van der Waals surface area contributed by atoms with E-state index in [4.69, 9.17) is 14.2 Å². The van der Waals surface area contributed by atoms with Crippen LogP contribution in [0.3, 0.4) is 0 Å². The van der Waals surface area contributed by atoms with E-state index >= 15 is 0 Å². The van der Waals surface area contributed by atoms with Gasteiger partial charge in [0.25, 0.3) is 0 Å². The second kappa shape index (κ2) is 67.8. The van der Waals surface area contributed by atoms with Crippen molar-refractivity contribution in [2.45, 2.75) is 404 Å². The number of carbonyl (C=O) groups excluding carboxylic acids is 2. The van der Waals surface area contributed by atoms with Crippen LogP contribution in [-0.4, -0.2) is 99.6 Å². The van der Waals surface area contributed by atoms with Crippen molar-refractivity contribution in [2.75, 3.05) is 13.2 Å². The second-order valence-corrected chi connectivity index (χ2v) is 26.7. The Morgan fingerprint density at radius 3 is 1.18 bits per heavy atom. The number of amides is 1. The number of carbonyl (C=O) groups is 2. The topological polar surface area (TPSA) is 175 Å². The number of ether oxygens (including phenoxy) is 3. The van der Waals surface area contributed by atoms with Crippen molar-refractivity contribution in [2.24, 2.45) is 0 Å². The second-order valence-electron chi connectivity index (χ2n) is 26.7. The maximum absolute atomic E-state index is 13.5. The molecule has 0 radical (unpaired) electrons. The van der Waals surface area contributed by atoms with Gasteiger partial charge in [-0.1, -0.05) is 337 Å². The molecule has 8 unspecified atom stereocenters. The van der Waals surface area contributed by atoms with E-state index in [-0.39, 0.29) is 13.0 Å². The summed E-state index contributed by atoms with van der Waals surface area (Å²) in [5.74, 6) is -1.19. The summed E-state index contributed by atoms with van der Waals surface area (Å²) in [4.78, 5) is 26.8. The molecule has 1 heterocycles. The molecule has 1 saturated heterocycles. The molecule has 0 aromatic carbocycles. The van der Waals surface area contributed by atoms with Gasteiger partial charge in [-0.3, -0.25) is 9.59 Å².